The Bertz CT molecular complexity index is 569. The van der Waals surface area contributed by atoms with Crippen LogP contribution in [0, 0.1) is 5.82 Å². The molecule has 116 valence electrons. The summed E-state index contributed by atoms with van der Waals surface area (Å²) in [6.45, 7) is 1.53. The van der Waals surface area contributed by atoms with Crippen LogP contribution in [0.3, 0.4) is 0 Å². The van der Waals surface area contributed by atoms with E-state index in [0.717, 1.165) is 11.1 Å². The molecule has 0 aliphatic carbocycles. The van der Waals surface area contributed by atoms with Crippen molar-refractivity contribution < 1.29 is 13.9 Å². The Morgan fingerprint density at radius 3 is 2.45 bits per heavy atom. The van der Waals surface area contributed by atoms with E-state index in [1.165, 1.54) is 12.1 Å². The van der Waals surface area contributed by atoms with Gasteiger partial charge in [0.1, 0.15) is 5.82 Å². The summed E-state index contributed by atoms with van der Waals surface area (Å²) >= 11 is 0. The minimum atomic E-state index is -0.260. The van der Waals surface area contributed by atoms with Gasteiger partial charge in [-0.2, -0.15) is 0 Å². The molecule has 0 aliphatic heterocycles. The fourth-order valence-corrected chi connectivity index (χ4v) is 2.02. The summed E-state index contributed by atoms with van der Waals surface area (Å²) in [5.74, 6) is -0.281. The topological polar surface area (TPSA) is 38.3 Å². The normalized spacial score (nSPS) is 10.4. The SMILES string of the molecule is O=C(CCc1ccc(F)cc1)NCCOCc1ccccc1. The molecule has 1 N–H and O–H groups in total. The van der Waals surface area contributed by atoms with Crippen molar-refractivity contribution in [3.63, 3.8) is 0 Å². The van der Waals surface area contributed by atoms with E-state index in [0.29, 0.717) is 32.6 Å². The summed E-state index contributed by atoms with van der Waals surface area (Å²) in [5, 5.41) is 2.81. The maximum atomic E-state index is 12.8. The predicted molar refractivity (Wildman–Crippen MR) is 83.8 cm³/mol. The molecule has 0 atom stereocenters. The van der Waals surface area contributed by atoms with E-state index < -0.39 is 0 Å². The number of carbonyl (C=O) groups is 1. The van der Waals surface area contributed by atoms with Crippen molar-refractivity contribution in [2.45, 2.75) is 19.4 Å². The Balaban J connectivity index is 1.55. The number of halogens is 1. The molecule has 0 radical (unpaired) electrons. The van der Waals surface area contributed by atoms with Crippen molar-refractivity contribution >= 4 is 5.91 Å². The Morgan fingerprint density at radius 2 is 1.73 bits per heavy atom. The molecule has 0 bridgehead atoms. The Hall–Kier alpha value is -2.20. The Labute approximate surface area is 130 Å². The van der Waals surface area contributed by atoms with Crippen molar-refractivity contribution in [3.8, 4) is 0 Å². The summed E-state index contributed by atoms with van der Waals surface area (Å²) in [5.41, 5.74) is 2.07. The van der Waals surface area contributed by atoms with E-state index in [4.69, 9.17) is 4.74 Å². The summed E-state index contributed by atoms with van der Waals surface area (Å²) in [7, 11) is 0. The summed E-state index contributed by atoms with van der Waals surface area (Å²) in [6, 6.07) is 16.1. The van der Waals surface area contributed by atoms with Crippen molar-refractivity contribution in [2.75, 3.05) is 13.2 Å². The number of benzene rings is 2. The van der Waals surface area contributed by atoms with E-state index in [9.17, 15) is 9.18 Å². The third-order valence-corrected chi connectivity index (χ3v) is 3.23. The zero-order chi connectivity index (χ0) is 15.6. The lowest BCUT2D eigenvalue weighted by molar-refractivity contribution is -0.121. The lowest BCUT2D eigenvalue weighted by Gasteiger charge is -2.07. The van der Waals surface area contributed by atoms with E-state index in [2.05, 4.69) is 5.32 Å². The van der Waals surface area contributed by atoms with Gasteiger partial charge >= 0.3 is 0 Å². The predicted octanol–water partition coefficient (Wildman–Crippen LogP) is 3.09. The van der Waals surface area contributed by atoms with Gasteiger partial charge in [-0.1, -0.05) is 42.5 Å². The molecular weight excluding hydrogens is 281 g/mol. The number of ether oxygens (including phenoxy) is 1. The monoisotopic (exact) mass is 301 g/mol. The third kappa shape index (κ3) is 6.06. The minimum Gasteiger partial charge on any atom is -0.375 e. The molecule has 2 aromatic rings. The van der Waals surface area contributed by atoms with Crippen molar-refractivity contribution in [3.05, 3.63) is 71.5 Å². The van der Waals surface area contributed by atoms with Crippen LogP contribution in [0.15, 0.2) is 54.6 Å². The number of hydrogen-bond acceptors (Lipinski definition) is 2. The van der Waals surface area contributed by atoms with Gasteiger partial charge < -0.3 is 10.1 Å². The van der Waals surface area contributed by atoms with Crippen LogP contribution >= 0.6 is 0 Å². The molecule has 2 rings (SSSR count). The first-order valence-electron chi connectivity index (χ1n) is 7.37. The second-order valence-corrected chi connectivity index (χ2v) is 5.01. The van der Waals surface area contributed by atoms with Crippen LogP contribution < -0.4 is 5.32 Å². The summed E-state index contributed by atoms with van der Waals surface area (Å²) in [6.07, 6.45) is 1.00. The van der Waals surface area contributed by atoms with Gasteiger partial charge in [0.15, 0.2) is 0 Å². The summed E-state index contributed by atoms with van der Waals surface area (Å²) < 4.78 is 18.2. The van der Waals surface area contributed by atoms with E-state index in [1.54, 1.807) is 12.1 Å². The Kier molecular flexibility index (Phi) is 6.58. The Morgan fingerprint density at radius 1 is 1.00 bits per heavy atom. The first-order valence-corrected chi connectivity index (χ1v) is 7.37. The number of nitrogens with one attached hydrogen (secondary N) is 1. The fraction of sp³-hybridized carbons (Fsp3) is 0.278. The molecule has 0 saturated heterocycles. The zero-order valence-electron chi connectivity index (χ0n) is 12.4. The van der Waals surface area contributed by atoms with Crippen LogP contribution in [0.1, 0.15) is 17.5 Å². The van der Waals surface area contributed by atoms with Crippen LogP contribution in [0.5, 0.6) is 0 Å². The van der Waals surface area contributed by atoms with Crippen molar-refractivity contribution in [1.82, 2.24) is 5.32 Å². The van der Waals surface area contributed by atoms with Crippen LogP contribution in [0.2, 0.25) is 0 Å². The van der Waals surface area contributed by atoms with Crippen LogP contribution in [0.4, 0.5) is 4.39 Å². The second-order valence-electron chi connectivity index (χ2n) is 5.01. The van der Waals surface area contributed by atoms with E-state index in [1.807, 2.05) is 30.3 Å². The van der Waals surface area contributed by atoms with E-state index in [-0.39, 0.29) is 11.7 Å². The third-order valence-electron chi connectivity index (χ3n) is 3.23. The molecule has 4 heteroatoms. The zero-order valence-corrected chi connectivity index (χ0v) is 12.4. The van der Waals surface area contributed by atoms with Gasteiger partial charge in [-0.15, -0.1) is 0 Å². The largest absolute Gasteiger partial charge is 0.375 e. The fourth-order valence-electron chi connectivity index (χ4n) is 2.02. The quantitative estimate of drug-likeness (QED) is 0.761. The number of amides is 1. The molecule has 1 amide bonds. The lowest BCUT2D eigenvalue weighted by Crippen LogP contribution is -2.27. The highest BCUT2D eigenvalue weighted by molar-refractivity contribution is 5.76. The summed E-state index contributed by atoms with van der Waals surface area (Å²) in [4.78, 5) is 11.7. The number of hydrogen-bond donors (Lipinski definition) is 1. The number of aryl methyl sites for hydroxylation is 1. The molecule has 0 aromatic heterocycles. The maximum Gasteiger partial charge on any atom is 0.220 e. The molecule has 2 aromatic carbocycles. The van der Waals surface area contributed by atoms with Crippen molar-refractivity contribution in [2.24, 2.45) is 0 Å². The van der Waals surface area contributed by atoms with Gasteiger partial charge in [0.25, 0.3) is 0 Å². The van der Waals surface area contributed by atoms with Gasteiger partial charge in [0.2, 0.25) is 5.91 Å². The molecule has 0 aliphatic rings. The molecule has 0 unspecified atom stereocenters. The highest BCUT2D eigenvalue weighted by atomic mass is 19.1. The molecule has 0 fully saturated rings. The van der Waals surface area contributed by atoms with Gasteiger partial charge in [-0.05, 0) is 29.7 Å². The minimum absolute atomic E-state index is 0.0207. The van der Waals surface area contributed by atoms with Crippen molar-refractivity contribution in [1.29, 1.82) is 0 Å². The molecule has 0 saturated carbocycles. The first kappa shape index (κ1) is 16.2. The van der Waals surface area contributed by atoms with E-state index >= 15 is 0 Å². The molecular formula is C18H20FNO2. The highest BCUT2D eigenvalue weighted by Gasteiger charge is 2.02. The van der Waals surface area contributed by atoms with Gasteiger partial charge in [0, 0.05) is 13.0 Å². The van der Waals surface area contributed by atoms with Gasteiger partial charge in [-0.25, -0.2) is 4.39 Å². The van der Waals surface area contributed by atoms with Crippen LogP contribution in [-0.4, -0.2) is 19.1 Å². The molecule has 22 heavy (non-hydrogen) atoms. The van der Waals surface area contributed by atoms with Crippen LogP contribution in [-0.2, 0) is 22.6 Å². The molecule has 3 nitrogen and oxygen atoms in total. The lowest BCUT2D eigenvalue weighted by atomic mass is 10.1. The van der Waals surface area contributed by atoms with Gasteiger partial charge in [0.05, 0.1) is 13.2 Å². The first-order chi connectivity index (χ1) is 10.7. The highest BCUT2D eigenvalue weighted by Crippen LogP contribution is 2.05. The standard InChI is InChI=1S/C18H20FNO2/c19-17-9-6-15(7-10-17)8-11-18(21)20-12-13-22-14-16-4-2-1-3-5-16/h1-7,9-10H,8,11-14H2,(H,20,21). The average molecular weight is 301 g/mol. The number of rotatable bonds is 8. The average Bonchev–Trinajstić information content (AvgIpc) is 2.55. The van der Waals surface area contributed by atoms with Crippen LogP contribution in [0.25, 0.3) is 0 Å². The molecule has 0 heterocycles. The molecule has 0 spiro atoms. The second kappa shape index (κ2) is 8.95. The number of carbonyl (C=O) groups excluding carboxylic acids is 1. The smallest absolute Gasteiger partial charge is 0.220 e. The van der Waals surface area contributed by atoms with Gasteiger partial charge in [-0.3, -0.25) is 4.79 Å². The maximum absolute atomic E-state index is 12.8.